The number of amides is 1. The maximum Gasteiger partial charge on any atom is 0.238 e. The Hall–Kier alpha value is -4.83. The molecule has 1 aliphatic rings. The van der Waals surface area contributed by atoms with Gasteiger partial charge in [-0.2, -0.15) is 0 Å². The van der Waals surface area contributed by atoms with Crippen LogP contribution in [0.25, 0.3) is 11.0 Å². The molecule has 0 radical (unpaired) electrons. The van der Waals surface area contributed by atoms with E-state index in [1.807, 2.05) is 96.9 Å². The highest BCUT2D eigenvalue weighted by Crippen LogP contribution is 2.27. The summed E-state index contributed by atoms with van der Waals surface area (Å²) in [5, 5.41) is 12.4. The Morgan fingerprint density at radius 1 is 0.957 bits per heavy atom. The number of para-hydroxylation sites is 2. The molecule has 1 atom stereocenters. The molecule has 2 aromatic carbocycles. The van der Waals surface area contributed by atoms with Gasteiger partial charge in [0.15, 0.2) is 11.6 Å². The van der Waals surface area contributed by atoms with E-state index in [1.165, 1.54) is 5.57 Å². The minimum Gasteiger partial charge on any atom is -0.501 e. The zero-order chi connectivity index (χ0) is 35.3. The lowest BCUT2D eigenvalue weighted by Crippen LogP contribution is -2.27. The van der Waals surface area contributed by atoms with Gasteiger partial charge in [-0.3, -0.25) is 4.79 Å². The van der Waals surface area contributed by atoms with Crippen molar-refractivity contribution in [1.29, 1.82) is 0 Å². The highest BCUT2D eigenvalue weighted by Gasteiger charge is 2.18. The molecule has 1 amide bonds. The molecule has 3 aromatic rings. The zero-order valence-electron chi connectivity index (χ0n) is 28.7. The zero-order valence-corrected chi connectivity index (χ0v) is 28.7. The summed E-state index contributed by atoms with van der Waals surface area (Å²) in [6.07, 6.45) is 7.38. The third-order valence-electron chi connectivity index (χ3n) is 5.95. The molecule has 0 saturated carbocycles. The van der Waals surface area contributed by atoms with Gasteiger partial charge in [-0.05, 0) is 61.4 Å². The minimum atomic E-state index is -0.00236. The maximum atomic E-state index is 11.3. The molecular formula is C36H54N6O4. The van der Waals surface area contributed by atoms with Crippen LogP contribution in [0.5, 0.6) is 0 Å². The molecule has 46 heavy (non-hydrogen) atoms. The number of hydrogen-bond donors (Lipinski definition) is 4. The van der Waals surface area contributed by atoms with Gasteiger partial charge in [-0.1, -0.05) is 64.5 Å². The van der Waals surface area contributed by atoms with Crippen LogP contribution in [0, 0.1) is 6.92 Å². The summed E-state index contributed by atoms with van der Waals surface area (Å²) in [5.41, 5.74) is 5.07. The lowest BCUT2D eigenvalue weighted by molar-refractivity contribution is -0.115. The van der Waals surface area contributed by atoms with E-state index in [1.54, 1.807) is 7.11 Å². The second kappa shape index (κ2) is 27.7. The summed E-state index contributed by atoms with van der Waals surface area (Å²) < 4.78 is 5.49. The first-order valence-electron chi connectivity index (χ1n) is 15.3. The standard InChI is InChI=1S/C19H24N4O.C11H16N2O.C2H6.C2H4.2CH2O/c1-4-7-13-10-14(12-15(11-13)24-3)21-19-18(20-2)22-16-8-5-6-9-17(16)23-19;1-3-12-8-11(14)13-10-6-4-5-9(2)7-10;4*1-2/h5-6,8-11,14H,4,7,12H2,1-3H3,(H,20,22)(H,21,23);4-7,12H,3,8H2,1-2H3,(H,13,14);1-2H3;1-2H2;2*1H2. The number of allylic oxidation sites excluding steroid dienone is 2. The van der Waals surface area contributed by atoms with Crippen molar-refractivity contribution >= 4 is 47.8 Å². The first kappa shape index (κ1) is 43.3. The second-order valence-electron chi connectivity index (χ2n) is 9.12. The van der Waals surface area contributed by atoms with Crippen molar-refractivity contribution in [2.75, 3.05) is 43.2 Å². The number of aromatic nitrogens is 2. The van der Waals surface area contributed by atoms with E-state index >= 15 is 0 Å². The normalized spacial score (nSPS) is 12.4. The monoisotopic (exact) mass is 634 g/mol. The summed E-state index contributed by atoms with van der Waals surface area (Å²) in [5.74, 6) is 2.52. The number of aryl methyl sites for hydroxylation is 1. The molecule has 0 fully saturated rings. The van der Waals surface area contributed by atoms with E-state index < -0.39 is 0 Å². The van der Waals surface area contributed by atoms with Crippen LogP contribution in [0.3, 0.4) is 0 Å². The molecule has 252 valence electrons. The Kier molecular flexibility index (Phi) is 26.1. The largest absolute Gasteiger partial charge is 0.501 e. The Morgan fingerprint density at radius 3 is 2.09 bits per heavy atom. The Balaban J connectivity index is 0. The third-order valence-corrected chi connectivity index (χ3v) is 5.95. The number of carbonyl (C=O) groups is 3. The van der Waals surface area contributed by atoms with Gasteiger partial charge in [0.2, 0.25) is 5.91 Å². The number of nitrogens with one attached hydrogen (secondary N) is 4. The predicted octanol–water partition coefficient (Wildman–Crippen LogP) is 7.11. The number of anilines is 3. The number of methoxy groups -OCH3 is 1. The van der Waals surface area contributed by atoms with Crippen LogP contribution >= 0.6 is 0 Å². The lowest BCUT2D eigenvalue weighted by Gasteiger charge is -2.23. The second-order valence-corrected chi connectivity index (χ2v) is 9.12. The van der Waals surface area contributed by atoms with Crippen molar-refractivity contribution in [3.8, 4) is 0 Å². The molecule has 1 heterocycles. The molecule has 0 spiro atoms. The van der Waals surface area contributed by atoms with Crippen LogP contribution in [0.2, 0.25) is 0 Å². The number of fused-ring (bicyclic) bond motifs is 1. The van der Waals surface area contributed by atoms with E-state index in [-0.39, 0.29) is 11.9 Å². The third kappa shape index (κ3) is 16.3. The van der Waals surface area contributed by atoms with Crippen LogP contribution < -0.4 is 21.3 Å². The first-order valence-corrected chi connectivity index (χ1v) is 15.3. The highest BCUT2D eigenvalue weighted by atomic mass is 16.5. The van der Waals surface area contributed by atoms with Crippen molar-refractivity contribution in [2.24, 2.45) is 0 Å². The molecule has 1 unspecified atom stereocenters. The number of benzene rings is 2. The van der Waals surface area contributed by atoms with Gasteiger partial charge in [0, 0.05) is 19.2 Å². The van der Waals surface area contributed by atoms with Crippen molar-refractivity contribution in [1.82, 2.24) is 15.3 Å². The molecule has 0 saturated heterocycles. The number of carbonyl (C=O) groups excluding carboxylic acids is 3. The fourth-order valence-corrected chi connectivity index (χ4v) is 4.14. The van der Waals surface area contributed by atoms with E-state index in [9.17, 15) is 4.79 Å². The van der Waals surface area contributed by atoms with Crippen LogP contribution in [-0.2, 0) is 19.1 Å². The Bertz CT molecular complexity index is 1320. The van der Waals surface area contributed by atoms with Crippen molar-refractivity contribution in [2.45, 2.75) is 59.9 Å². The van der Waals surface area contributed by atoms with Gasteiger partial charge >= 0.3 is 0 Å². The van der Waals surface area contributed by atoms with Gasteiger partial charge in [-0.25, -0.2) is 9.97 Å². The number of ether oxygens (including phenoxy) is 1. The van der Waals surface area contributed by atoms with Crippen molar-refractivity contribution in [3.05, 3.63) is 90.7 Å². The minimum absolute atomic E-state index is 0.00236. The fourth-order valence-electron chi connectivity index (χ4n) is 4.14. The first-order chi connectivity index (χ1) is 22.4. The van der Waals surface area contributed by atoms with E-state index in [0.29, 0.717) is 6.54 Å². The van der Waals surface area contributed by atoms with Crippen LogP contribution in [0.4, 0.5) is 17.3 Å². The van der Waals surface area contributed by atoms with Gasteiger partial charge in [0.05, 0.1) is 36.5 Å². The summed E-state index contributed by atoms with van der Waals surface area (Å²) in [7, 11) is 3.59. The van der Waals surface area contributed by atoms with Gasteiger partial charge in [0.25, 0.3) is 0 Å². The quantitative estimate of drug-likeness (QED) is 0.172. The van der Waals surface area contributed by atoms with E-state index in [4.69, 9.17) is 19.3 Å². The summed E-state index contributed by atoms with van der Waals surface area (Å²) in [4.78, 5) is 36.7. The number of likely N-dealkylation sites (N-methyl/N-ethyl adjacent to an activating group) is 1. The Labute approximate surface area is 275 Å². The van der Waals surface area contributed by atoms with Crippen molar-refractivity contribution in [3.63, 3.8) is 0 Å². The fraction of sp³-hybridized carbons (Fsp3) is 0.361. The van der Waals surface area contributed by atoms with Crippen LogP contribution in [0.1, 0.15) is 52.5 Å². The summed E-state index contributed by atoms with van der Waals surface area (Å²) in [6.45, 7) is 21.3. The van der Waals surface area contributed by atoms with E-state index in [0.717, 1.165) is 65.5 Å². The molecule has 0 bridgehead atoms. The van der Waals surface area contributed by atoms with Crippen LogP contribution in [-0.4, -0.2) is 62.7 Å². The van der Waals surface area contributed by atoms with Crippen LogP contribution in [0.15, 0.2) is 85.2 Å². The van der Waals surface area contributed by atoms with Crippen molar-refractivity contribution < 1.29 is 19.1 Å². The number of hydrogen-bond acceptors (Lipinski definition) is 9. The highest BCUT2D eigenvalue weighted by molar-refractivity contribution is 5.92. The number of rotatable bonds is 10. The molecule has 10 heteroatoms. The average Bonchev–Trinajstić information content (AvgIpc) is 3.11. The van der Waals surface area contributed by atoms with Gasteiger partial charge in [-0.15, -0.1) is 13.2 Å². The molecule has 1 aromatic heterocycles. The average molecular weight is 635 g/mol. The molecule has 0 aliphatic heterocycles. The topological polar surface area (TPSA) is 134 Å². The van der Waals surface area contributed by atoms with Gasteiger partial charge in [0.1, 0.15) is 13.6 Å². The molecule has 10 nitrogen and oxygen atoms in total. The predicted molar refractivity (Wildman–Crippen MR) is 194 cm³/mol. The lowest BCUT2D eigenvalue weighted by atomic mass is 9.98. The SMILES string of the molecule is C=C.C=O.C=O.CC.CCCC1=CC(Nc2nc3ccccc3nc2NC)CC(OC)=C1.CCNCC(=O)Nc1cccc(C)c1. The van der Waals surface area contributed by atoms with Gasteiger partial charge < -0.3 is 35.6 Å². The smallest absolute Gasteiger partial charge is 0.238 e. The summed E-state index contributed by atoms with van der Waals surface area (Å²) >= 11 is 0. The molecule has 4 rings (SSSR count). The number of nitrogens with zero attached hydrogens (tertiary/aromatic N) is 2. The molecule has 1 aliphatic carbocycles. The molecule has 4 N–H and O–H groups in total. The Morgan fingerprint density at radius 2 is 1.57 bits per heavy atom. The summed E-state index contributed by atoms with van der Waals surface area (Å²) in [6, 6.07) is 15.8. The molecular weight excluding hydrogens is 580 g/mol. The van der Waals surface area contributed by atoms with E-state index in [2.05, 4.69) is 58.5 Å². The maximum absolute atomic E-state index is 11.3.